The van der Waals surface area contributed by atoms with Crippen LogP contribution in [0, 0.1) is 12.8 Å². The summed E-state index contributed by atoms with van der Waals surface area (Å²) in [5, 5.41) is 0. The maximum absolute atomic E-state index is 6.66. The fourth-order valence-corrected chi connectivity index (χ4v) is 3.43. The summed E-state index contributed by atoms with van der Waals surface area (Å²) in [6, 6.07) is 8.75. The van der Waals surface area contributed by atoms with E-state index in [0.717, 1.165) is 25.4 Å². The van der Waals surface area contributed by atoms with E-state index in [2.05, 4.69) is 49.9 Å². The minimum absolute atomic E-state index is 0.00256. The Balaban J connectivity index is 2.10. The Labute approximate surface area is 118 Å². The molecule has 0 radical (unpaired) electrons. The van der Waals surface area contributed by atoms with Crippen LogP contribution in [0.1, 0.15) is 45.1 Å². The zero-order valence-electron chi connectivity index (χ0n) is 12.7. The number of anilines is 1. The van der Waals surface area contributed by atoms with Crippen molar-refractivity contribution in [1.82, 2.24) is 0 Å². The Morgan fingerprint density at radius 2 is 2.21 bits per heavy atom. The zero-order valence-corrected chi connectivity index (χ0v) is 12.7. The molecule has 1 saturated carbocycles. The summed E-state index contributed by atoms with van der Waals surface area (Å²) >= 11 is 0. The maximum atomic E-state index is 6.66. The highest BCUT2D eigenvalue weighted by Gasteiger charge is 2.32. The van der Waals surface area contributed by atoms with Crippen molar-refractivity contribution in [2.45, 2.75) is 52.0 Å². The molecule has 0 spiro atoms. The van der Waals surface area contributed by atoms with Crippen LogP contribution in [0.5, 0.6) is 0 Å². The topological polar surface area (TPSA) is 29.3 Å². The van der Waals surface area contributed by atoms with E-state index >= 15 is 0 Å². The van der Waals surface area contributed by atoms with Crippen molar-refractivity contribution >= 4 is 5.69 Å². The molecule has 2 heteroatoms. The molecule has 2 N–H and O–H groups in total. The Bertz CT molecular complexity index is 415. The average molecular weight is 260 g/mol. The van der Waals surface area contributed by atoms with Crippen molar-refractivity contribution in [3.63, 3.8) is 0 Å². The second-order valence-electron chi connectivity index (χ2n) is 6.42. The first-order chi connectivity index (χ1) is 9.02. The third-order valence-corrected chi connectivity index (χ3v) is 4.38. The number of likely N-dealkylation sites (N-methyl/N-ethyl adjacent to an activating group) is 1. The first kappa shape index (κ1) is 14.4. The molecule has 2 nitrogen and oxygen atoms in total. The van der Waals surface area contributed by atoms with E-state index in [9.17, 15) is 0 Å². The standard InChI is InChI=1S/C17H28N2/c1-4-19(16-9-5-7-14(2)11-16)13-17(18)10-6-8-15(3)12-17/h5,7,9,11,15H,4,6,8,10,12-13,18H2,1-3H3. The van der Waals surface area contributed by atoms with E-state index < -0.39 is 0 Å². The molecule has 1 fully saturated rings. The molecule has 1 aromatic carbocycles. The Morgan fingerprint density at radius 3 is 2.84 bits per heavy atom. The van der Waals surface area contributed by atoms with Gasteiger partial charge in [-0.2, -0.15) is 0 Å². The van der Waals surface area contributed by atoms with Crippen molar-refractivity contribution in [3.05, 3.63) is 29.8 Å². The number of hydrogen-bond acceptors (Lipinski definition) is 2. The van der Waals surface area contributed by atoms with E-state index in [-0.39, 0.29) is 5.54 Å². The van der Waals surface area contributed by atoms with Gasteiger partial charge in [-0.05, 0) is 50.3 Å². The Morgan fingerprint density at radius 1 is 1.42 bits per heavy atom. The molecule has 19 heavy (non-hydrogen) atoms. The first-order valence-electron chi connectivity index (χ1n) is 7.63. The van der Waals surface area contributed by atoms with Gasteiger partial charge in [0.15, 0.2) is 0 Å². The summed E-state index contributed by atoms with van der Waals surface area (Å²) in [5.74, 6) is 0.773. The molecule has 1 aliphatic rings. The monoisotopic (exact) mass is 260 g/mol. The largest absolute Gasteiger partial charge is 0.370 e. The highest BCUT2D eigenvalue weighted by molar-refractivity contribution is 5.48. The van der Waals surface area contributed by atoms with Gasteiger partial charge in [0, 0.05) is 24.3 Å². The molecule has 0 amide bonds. The third kappa shape index (κ3) is 3.73. The molecule has 0 saturated heterocycles. The van der Waals surface area contributed by atoms with Crippen molar-refractivity contribution in [1.29, 1.82) is 0 Å². The summed E-state index contributed by atoms with van der Waals surface area (Å²) in [5.41, 5.74) is 9.29. The Hall–Kier alpha value is -1.02. The fraction of sp³-hybridized carbons (Fsp3) is 0.647. The van der Waals surface area contributed by atoms with E-state index in [0.29, 0.717) is 0 Å². The summed E-state index contributed by atoms with van der Waals surface area (Å²) in [6.07, 6.45) is 4.95. The number of benzene rings is 1. The SMILES string of the molecule is CCN(CC1(N)CCCC(C)C1)c1cccc(C)c1. The van der Waals surface area contributed by atoms with Gasteiger partial charge in [-0.25, -0.2) is 0 Å². The van der Waals surface area contributed by atoms with Crippen molar-refractivity contribution in [2.24, 2.45) is 11.7 Å². The van der Waals surface area contributed by atoms with Crippen LogP contribution in [0.2, 0.25) is 0 Å². The number of nitrogens with zero attached hydrogens (tertiary/aromatic N) is 1. The van der Waals surface area contributed by atoms with Gasteiger partial charge in [0.2, 0.25) is 0 Å². The van der Waals surface area contributed by atoms with Crippen LogP contribution in [0.25, 0.3) is 0 Å². The molecule has 1 aliphatic carbocycles. The molecule has 2 rings (SSSR count). The lowest BCUT2D eigenvalue weighted by atomic mass is 9.76. The zero-order chi connectivity index (χ0) is 13.9. The van der Waals surface area contributed by atoms with Gasteiger partial charge in [-0.1, -0.05) is 31.9 Å². The summed E-state index contributed by atoms with van der Waals surface area (Å²) in [7, 11) is 0. The quantitative estimate of drug-likeness (QED) is 0.894. The van der Waals surface area contributed by atoms with Crippen molar-refractivity contribution < 1.29 is 0 Å². The number of rotatable bonds is 4. The van der Waals surface area contributed by atoms with Crippen LogP contribution in [-0.2, 0) is 0 Å². The van der Waals surface area contributed by atoms with Gasteiger partial charge in [-0.15, -0.1) is 0 Å². The summed E-state index contributed by atoms with van der Waals surface area (Å²) < 4.78 is 0. The number of nitrogens with two attached hydrogens (primary N) is 1. The van der Waals surface area contributed by atoms with Crippen LogP contribution in [-0.4, -0.2) is 18.6 Å². The molecule has 2 atom stereocenters. The van der Waals surface area contributed by atoms with Crippen LogP contribution < -0.4 is 10.6 Å². The van der Waals surface area contributed by atoms with Crippen molar-refractivity contribution in [3.8, 4) is 0 Å². The van der Waals surface area contributed by atoms with E-state index in [4.69, 9.17) is 5.73 Å². The molecule has 0 heterocycles. The van der Waals surface area contributed by atoms with Crippen LogP contribution in [0.4, 0.5) is 5.69 Å². The molecule has 0 bridgehead atoms. The molecule has 0 aromatic heterocycles. The van der Waals surface area contributed by atoms with E-state index in [1.54, 1.807) is 0 Å². The van der Waals surface area contributed by atoms with Gasteiger partial charge >= 0.3 is 0 Å². The summed E-state index contributed by atoms with van der Waals surface area (Å²) in [6.45, 7) is 8.72. The minimum atomic E-state index is -0.00256. The lowest BCUT2D eigenvalue weighted by Gasteiger charge is -2.41. The second-order valence-corrected chi connectivity index (χ2v) is 6.42. The molecule has 0 aliphatic heterocycles. The molecular weight excluding hydrogens is 232 g/mol. The number of aryl methyl sites for hydroxylation is 1. The highest BCUT2D eigenvalue weighted by atomic mass is 15.1. The third-order valence-electron chi connectivity index (χ3n) is 4.38. The number of hydrogen-bond donors (Lipinski definition) is 1. The average Bonchev–Trinajstić information content (AvgIpc) is 2.35. The molecular formula is C17H28N2. The molecule has 1 aromatic rings. The van der Waals surface area contributed by atoms with Crippen LogP contribution in [0.3, 0.4) is 0 Å². The lowest BCUT2D eigenvalue weighted by molar-refractivity contribution is 0.239. The predicted octanol–water partition coefficient (Wildman–Crippen LogP) is 3.73. The molecule has 2 unspecified atom stereocenters. The first-order valence-corrected chi connectivity index (χ1v) is 7.63. The van der Waals surface area contributed by atoms with Crippen molar-refractivity contribution in [2.75, 3.05) is 18.0 Å². The second kappa shape index (κ2) is 5.96. The van der Waals surface area contributed by atoms with Gasteiger partial charge in [0.05, 0.1) is 0 Å². The van der Waals surface area contributed by atoms with Crippen LogP contribution in [0.15, 0.2) is 24.3 Å². The summed E-state index contributed by atoms with van der Waals surface area (Å²) in [4.78, 5) is 2.44. The van der Waals surface area contributed by atoms with Gasteiger partial charge in [0.1, 0.15) is 0 Å². The van der Waals surface area contributed by atoms with Gasteiger partial charge < -0.3 is 10.6 Å². The van der Waals surface area contributed by atoms with E-state index in [1.807, 2.05) is 0 Å². The van der Waals surface area contributed by atoms with Gasteiger partial charge in [-0.3, -0.25) is 0 Å². The van der Waals surface area contributed by atoms with E-state index in [1.165, 1.54) is 30.5 Å². The van der Waals surface area contributed by atoms with Gasteiger partial charge in [0.25, 0.3) is 0 Å². The minimum Gasteiger partial charge on any atom is -0.370 e. The smallest absolute Gasteiger partial charge is 0.0369 e. The fourth-order valence-electron chi connectivity index (χ4n) is 3.43. The highest BCUT2D eigenvalue weighted by Crippen LogP contribution is 2.32. The predicted molar refractivity (Wildman–Crippen MR) is 83.6 cm³/mol. The lowest BCUT2D eigenvalue weighted by Crippen LogP contribution is -2.53. The van der Waals surface area contributed by atoms with Crippen LogP contribution >= 0.6 is 0 Å². The molecule has 106 valence electrons. The normalized spacial score (nSPS) is 27.3. The Kier molecular flexibility index (Phi) is 4.51. The maximum Gasteiger partial charge on any atom is 0.0369 e.